The van der Waals surface area contributed by atoms with Gasteiger partial charge >= 0.3 is 5.97 Å². The van der Waals surface area contributed by atoms with Crippen LogP contribution < -0.4 is 0 Å². The number of allylic oxidation sites excluding steroid dienone is 2. The smallest absolute Gasteiger partial charge is 0.335 e. The van der Waals surface area contributed by atoms with Crippen LogP contribution in [0.25, 0.3) is 0 Å². The lowest BCUT2D eigenvalue weighted by Crippen LogP contribution is -2.06. The maximum Gasteiger partial charge on any atom is 0.335 e. The molecule has 0 bridgehead atoms. The van der Waals surface area contributed by atoms with E-state index in [1.54, 1.807) is 12.1 Å². The molecule has 2 atom stereocenters. The van der Waals surface area contributed by atoms with E-state index < -0.39 is 5.97 Å². The molecule has 0 fully saturated rings. The summed E-state index contributed by atoms with van der Waals surface area (Å²) in [7, 11) is 0. The van der Waals surface area contributed by atoms with Crippen LogP contribution in [0.5, 0.6) is 0 Å². The lowest BCUT2D eigenvalue weighted by atomic mass is 9.89. The van der Waals surface area contributed by atoms with Gasteiger partial charge in [0.05, 0.1) is 11.7 Å². The molecule has 0 aliphatic carbocycles. The van der Waals surface area contributed by atoms with E-state index >= 15 is 0 Å². The number of aliphatic hydroxyl groups is 1. The third-order valence-electron chi connectivity index (χ3n) is 4.57. The number of hydrogen-bond acceptors (Lipinski definition) is 2. The second-order valence-electron chi connectivity index (χ2n) is 6.91. The topological polar surface area (TPSA) is 57.5 Å². The highest BCUT2D eigenvalue weighted by Crippen LogP contribution is 2.28. The Labute approximate surface area is 152 Å². The summed E-state index contributed by atoms with van der Waals surface area (Å²) in [5, 5.41) is 18.8. The van der Waals surface area contributed by atoms with Crippen molar-refractivity contribution in [1.82, 2.24) is 0 Å². The monoisotopic (exact) mass is 346 g/mol. The van der Waals surface area contributed by atoms with Gasteiger partial charge in [0.15, 0.2) is 0 Å². The Balaban J connectivity index is 2.73. The predicted molar refractivity (Wildman–Crippen MR) is 104 cm³/mol. The Morgan fingerprint density at radius 1 is 1.08 bits per heavy atom. The van der Waals surface area contributed by atoms with Gasteiger partial charge in [-0.2, -0.15) is 0 Å². The third kappa shape index (κ3) is 8.87. The molecular weight excluding hydrogens is 312 g/mol. The van der Waals surface area contributed by atoms with Crippen LogP contribution in [-0.4, -0.2) is 22.3 Å². The van der Waals surface area contributed by atoms with Crippen LogP contribution in [0.1, 0.15) is 93.5 Å². The molecule has 0 radical (unpaired) electrons. The molecule has 1 aromatic rings. The van der Waals surface area contributed by atoms with Crippen molar-refractivity contribution in [3.05, 3.63) is 47.5 Å². The molecule has 0 spiro atoms. The van der Waals surface area contributed by atoms with Gasteiger partial charge in [-0.15, -0.1) is 0 Å². The number of rotatable bonds is 13. The van der Waals surface area contributed by atoms with Gasteiger partial charge in [0.2, 0.25) is 0 Å². The van der Waals surface area contributed by atoms with Gasteiger partial charge in [0.25, 0.3) is 0 Å². The lowest BCUT2D eigenvalue weighted by molar-refractivity contribution is 0.0695. The molecule has 140 valence electrons. The van der Waals surface area contributed by atoms with Gasteiger partial charge in [-0.05, 0) is 44.2 Å². The highest BCUT2D eigenvalue weighted by atomic mass is 16.4. The fraction of sp³-hybridized carbons (Fsp3) is 0.591. The maximum atomic E-state index is 11.5. The van der Waals surface area contributed by atoms with Crippen molar-refractivity contribution in [2.75, 3.05) is 0 Å². The Kier molecular flexibility index (Phi) is 10.9. The molecule has 3 heteroatoms. The summed E-state index contributed by atoms with van der Waals surface area (Å²) >= 11 is 0. The molecule has 0 aliphatic rings. The fourth-order valence-electron chi connectivity index (χ4n) is 3.13. The molecular formula is C22H34O3. The number of unbranched alkanes of at least 4 members (excludes halogenated alkanes) is 5. The van der Waals surface area contributed by atoms with E-state index in [1.807, 2.05) is 19.1 Å². The van der Waals surface area contributed by atoms with Crippen molar-refractivity contribution < 1.29 is 15.0 Å². The first-order chi connectivity index (χ1) is 12.1. The number of carboxylic acids is 1. The minimum absolute atomic E-state index is 0.153. The first-order valence-electron chi connectivity index (χ1n) is 9.73. The van der Waals surface area contributed by atoms with E-state index in [0.717, 1.165) is 37.7 Å². The Morgan fingerprint density at radius 2 is 1.80 bits per heavy atom. The van der Waals surface area contributed by atoms with Crippen LogP contribution in [-0.2, 0) is 0 Å². The summed E-state index contributed by atoms with van der Waals surface area (Å²) in [6.45, 7) is 4.02. The second kappa shape index (κ2) is 12.7. The van der Waals surface area contributed by atoms with E-state index in [0.29, 0.717) is 5.56 Å². The normalized spacial score (nSPS) is 13.9. The summed E-state index contributed by atoms with van der Waals surface area (Å²) in [6, 6.07) is 7.36. The number of carboxylic acid groups (broad SMARTS) is 1. The third-order valence-corrected chi connectivity index (χ3v) is 4.57. The van der Waals surface area contributed by atoms with Crippen molar-refractivity contribution in [2.45, 2.75) is 83.7 Å². The molecule has 25 heavy (non-hydrogen) atoms. The molecule has 1 rings (SSSR count). The molecule has 1 aromatic carbocycles. The molecule has 3 nitrogen and oxygen atoms in total. The molecule has 0 saturated carbocycles. The summed E-state index contributed by atoms with van der Waals surface area (Å²) in [5.74, 6) is -0.699. The summed E-state index contributed by atoms with van der Waals surface area (Å²) in [5.41, 5.74) is 1.33. The average molecular weight is 347 g/mol. The Bertz CT molecular complexity index is 520. The van der Waals surface area contributed by atoms with Crippen LogP contribution >= 0.6 is 0 Å². The Morgan fingerprint density at radius 3 is 2.48 bits per heavy atom. The highest BCUT2D eigenvalue weighted by molar-refractivity contribution is 5.89. The quantitative estimate of drug-likeness (QED) is 0.343. The molecule has 0 aliphatic heterocycles. The number of aromatic carboxylic acids is 1. The molecule has 2 N–H and O–H groups in total. The first-order valence-corrected chi connectivity index (χ1v) is 9.73. The van der Waals surface area contributed by atoms with E-state index in [2.05, 4.69) is 19.1 Å². The number of aliphatic hydroxyl groups excluding tert-OH is 1. The molecule has 0 amide bonds. The van der Waals surface area contributed by atoms with Crippen LogP contribution in [0.15, 0.2) is 36.4 Å². The Hall–Kier alpha value is -1.61. The van der Waals surface area contributed by atoms with E-state index in [9.17, 15) is 15.0 Å². The van der Waals surface area contributed by atoms with E-state index in [-0.39, 0.29) is 12.0 Å². The van der Waals surface area contributed by atoms with Crippen molar-refractivity contribution in [3.8, 4) is 0 Å². The SMILES string of the molecule is CCCCCCC[C@H](/C=C/CCC[C@H](C)O)c1ccccc1C(=O)O. The highest BCUT2D eigenvalue weighted by Gasteiger charge is 2.16. The summed E-state index contributed by atoms with van der Waals surface area (Å²) in [4.78, 5) is 11.5. The summed E-state index contributed by atoms with van der Waals surface area (Å²) in [6.07, 6.45) is 13.8. The van der Waals surface area contributed by atoms with Gasteiger partial charge in [-0.1, -0.05) is 69.4 Å². The number of benzene rings is 1. The largest absolute Gasteiger partial charge is 0.478 e. The maximum absolute atomic E-state index is 11.5. The average Bonchev–Trinajstić information content (AvgIpc) is 2.59. The van der Waals surface area contributed by atoms with Crippen molar-refractivity contribution in [2.24, 2.45) is 0 Å². The number of carbonyl (C=O) groups is 1. The predicted octanol–water partition coefficient (Wildman–Crippen LogP) is 5.94. The zero-order chi connectivity index (χ0) is 18.5. The van der Waals surface area contributed by atoms with Crippen LogP contribution in [0.2, 0.25) is 0 Å². The minimum atomic E-state index is -0.853. The van der Waals surface area contributed by atoms with Crippen LogP contribution in [0, 0.1) is 0 Å². The molecule has 0 aromatic heterocycles. The number of hydrogen-bond donors (Lipinski definition) is 2. The van der Waals surface area contributed by atoms with Gasteiger partial charge in [0.1, 0.15) is 0 Å². The standard InChI is InChI=1S/C22H34O3/c1-3-4-5-6-9-14-19(15-10-7-8-13-18(2)23)20-16-11-12-17-21(20)22(24)25/h10-12,15-19,23H,3-9,13-14H2,1-2H3,(H,24,25)/b15-10+/t18-,19+/m0/s1. The van der Waals surface area contributed by atoms with Gasteiger partial charge in [0, 0.05) is 5.92 Å². The van der Waals surface area contributed by atoms with Crippen molar-refractivity contribution >= 4 is 5.97 Å². The van der Waals surface area contributed by atoms with Crippen LogP contribution in [0.3, 0.4) is 0 Å². The molecule has 0 saturated heterocycles. The first kappa shape index (κ1) is 21.4. The fourth-order valence-corrected chi connectivity index (χ4v) is 3.13. The van der Waals surface area contributed by atoms with Gasteiger partial charge in [-0.3, -0.25) is 0 Å². The minimum Gasteiger partial charge on any atom is -0.478 e. The van der Waals surface area contributed by atoms with Crippen molar-refractivity contribution in [1.29, 1.82) is 0 Å². The van der Waals surface area contributed by atoms with Crippen molar-refractivity contribution in [3.63, 3.8) is 0 Å². The molecule has 0 heterocycles. The van der Waals surface area contributed by atoms with Gasteiger partial charge in [-0.25, -0.2) is 4.79 Å². The zero-order valence-corrected chi connectivity index (χ0v) is 15.8. The van der Waals surface area contributed by atoms with Crippen LogP contribution in [0.4, 0.5) is 0 Å². The van der Waals surface area contributed by atoms with E-state index in [1.165, 1.54) is 25.7 Å². The summed E-state index contributed by atoms with van der Waals surface area (Å²) < 4.78 is 0. The molecule has 0 unspecified atom stereocenters. The second-order valence-corrected chi connectivity index (χ2v) is 6.91. The lowest BCUT2D eigenvalue weighted by Gasteiger charge is -2.16. The van der Waals surface area contributed by atoms with E-state index in [4.69, 9.17) is 0 Å². The zero-order valence-electron chi connectivity index (χ0n) is 15.8. The van der Waals surface area contributed by atoms with Gasteiger partial charge < -0.3 is 10.2 Å².